The Morgan fingerprint density at radius 2 is 2.04 bits per heavy atom. The van der Waals surface area contributed by atoms with Crippen LogP contribution in [-0.4, -0.2) is 32.1 Å². The van der Waals surface area contributed by atoms with Gasteiger partial charge in [-0.25, -0.2) is 9.37 Å². The van der Waals surface area contributed by atoms with Gasteiger partial charge < -0.3 is 15.5 Å². The highest BCUT2D eigenvalue weighted by molar-refractivity contribution is 5.80. The molecule has 0 saturated carbocycles. The maximum absolute atomic E-state index is 13.7. The minimum absolute atomic E-state index is 0.0673. The van der Waals surface area contributed by atoms with Gasteiger partial charge in [-0.3, -0.25) is 4.99 Å². The number of pyridine rings is 1. The monoisotopic (exact) mass is 343 g/mol. The van der Waals surface area contributed by atoms with Crippen molar-refractivity contribution in [3.05, 3.63) is 59.0 Å². The van der Waals surface area contributed by atoms with E-state index in [1.165, 1.54) is 0 Å². The van der Waals surface area contributed by atoms with Crippen molar-refractivity contribution in [1.29, 1.82) is 0 Å². The lowest BCUT2D eigenvalue weighted by atomic mass is 10.1. The van der Waals surface area contributed by atoms with Crippen LogP contribution in [0.1, 0.15) is 29.8 Å². The highest BCUT2D eigenvalue weighted by atomic mass is 19.1. The minimum atomic E-state index is -0.196. The molecule has 2 N–H and O–H groups in total. The van der Waals surface area contributed by atoms with Gasteiger partial charge in [0.1, 0.15) is 11.6 Å². The third kappa shape index (κ3) is 5.17. The fraction of sp³-hybridized carbons (Fsp3) is 0.368. The van der Waals surface area contributed by atoms with E-state index in [9.17, 15) is 4.39 Å². The van der Waals surface area contributed by atoms with Crippen molar-refractivity contribution < 1.29 is 4.39 Å². The van der Waals surface area contributed by atoms with Crippen molar-refractivity contribution in [2.45, 2.75) is 26.4 Å². The van der Waals surface area contributed by atoms with Gasteiger partial charge in [-0.2, -0.15) is 0 Å². The number of halogens is 1. The molecule has 0 radical (unpaired) electrons. The van der Waals surface area contributed by atoms with Crippen LogP contribution in [0.25, 0.3) is 0 Å². The lowest BCUT2D eigenvalue weighted by Crippen LogP contribution is -2.38. The van der Waals surface area contributed by atoms with E-state index >= 15 is 0 Å². The zero-order valence-corrected chi connectivity index (χ0v) is 15.5. The summed E-state index contributed by atoms with van der Waals surface area (Å²) >= 11 is 0. The van der Waals surface area contributed by atoms with Gasteiger partial charge in [0.15, 0.2) is 5.96 Å². The smallest absolute Gasteiger partial charge is 0.191 e. The van der Waals surface area contributed by atoms with E-state index < -0.39 is 0 Å². The first-order chi connectivity index (χ1) is 11.9. The molecule has 5 nitrogen and oxygen atoms in total. The second-order valence-electron chi connectivity index (χ2n) is 6.18. The lowest BCUT2D eigenvalue weighted by Gasteiger charge is -2.19. The molecule has 1 atom stereocenters. The van der Waals surface area contributed by atoms with Gasteiger partial charge in [0.25, 0.3) is 0 Å². The van der Waals surface area contributed by atoms with Crippen LogP contribution in [-0.2, 0) is 6.54 Å². The number of aryl methyl sites for hydroxylation is 1. The summed E-state index contributed by atoms with van der Waals surface area (Å²) in [6.45, 7) is 4.28. The fourth-order valence-electron chi connectivity index (χ4n) is 2.35. The zero-order chi connectivity index (χ0) is 18.4. The Labute approximate surface area is 149 Å². The van der Waals surface area contributed by atoms with Gasteiger partial charge in [-0.15, -0.1) is 0 Å². The van der Waals surface area contributed by atoms with E-state index in [0.717, 1.165) is 17.1 Å². The van der Waals surface area contributed by atoms with Crippen molar-refractivity contribution >= 4 is 11.8 Å². The number of guanidine groups is 1. The first-order valence-electron chi connectivity index (χ1n) is 8.27. The van der Waals surface area contributed by atoms with Gasteiger partial charge in [0, 0.05) is 21.1 Å². The summed E-state index contributed by atoms with van der Waals surface area (Å²) in [7, 11) is 5.63. The summed E-state index contributed by atoms with van der Waals surface area (Å²) in [5.74, 6) is 1.36. The first kappa shape index (κ1) is 18.7. The second-order valence-corrected chi connectivity index (χ2v) is 6.18. The van der Waals surface area contributed by atoms with Crippen molar-refractivity contribution in [1.82, 2.24) is 15.6 Å². The fourth-order valence-corrected chi connectivity index (χ4v) is 2.35. The van der Waals surface area contributed by atoms with Gasteiger partial charge >= 0.3 is 0 Å². The van der Waals surface area contributed by atoms with Crippen molar-refractivity contribution in [2.24, 2.45) is 4.99 Å². The SMILES string of the molecule is CN=C(NCc1cccc(N(C)C)n1)NC(C)c1ccc(C)c(F)c1. The Balaban J connectivity index is 1.98. The molecule has 0 spiro atoms. The van der Waals surface area contributed by atoms with Gasteiger partial charge in [-0.1, -0.05) is 18.2 Å². The number of anilines is 1. The molecule has 25 heavy (non-hydrogen) atoms. The number of nitrogens with zero attached hydrogens (tertiary/aromatic N) is 3. The summed E-state index contributed by atoms with van der Waals surface area (Å²) in [6, 6.07) is 11.1. The van der Waals surface area contributed by atoms with Crippen LogP contribution in [0.3, 0.4) is 0 Å². The quantitative estimate of drug-likeness (QED) is 0.647. The molecule has 0 amide bonds. The number of benzene rings is 1. The molecule has 134 valence electrons. The summed E-state index contributed by atoms with van der Waals surface area (Å²) < 4.78 is 13.7. The topological polar surface area (TPSA) is 52.6 Å². The average Bonchev–Trinajstić information content (AvgIpc) is 2.60. The van der Waals surface area contributed by atoms with E-state index in [1.54, 1.807) is 26.1 Å². The van der Waals surface area contributed by atoms with Crippen LogP contribution >= 0.6 is 0 Å². The Hall–Kier alpha value is -2.63. The molecule has 0 aliphatic heterocycles. The molecule has 6 heteroatoms. The molecule has 0 aliphatic rings. The standard InChI is InChI=1S/C19H26FN5/c1-13-9-10-15(11-17(13)20)14(2)23-19(21-3)22-12-16-7-6-8-18(24-16)25(4)5/h6-11,14H,12H2,1-5H3,(H2,21,22,23). The average molecular weight is 343 g/mol. The number of rotatable bonds is 5. The molecule has 1 aromatic carbocycles. The zero-order valence-electron chi connectivity index (χ0n) is 15.5. The van der Waals surface area contributed by atoms with Crippen LogP contribution in [0, 0.1) is 12.7 Å². The number of hydrogen-bond donors (Lipinski definition) is 2. The van der Waals surface area contributed by atoms with Gasteiger partial charge in [0.2, 0.25) is 0 Å². The summed E-state index contributed by atoms with van der Waals surface area (Å²) in [6.07, 6.45) is 0. The van der Waals surface area contributed by atoms with Crippen LogP contribution in [0.15, 0.2) is 41.4 Å². The van der Waals surface area contributed by atoms with E-state index in [0.29, 0.717) is 18.1 Å². The Morgan fingerprint density at radius 1 is 1.28 bits per heavy atom. The van der Waals surface area contributed by atoms with Crippen molar-refractivity contribution in [2.75, 3.05) is 26.0 Å². The molecule has 1 aromatic heterocycles. The summed E-state index contributed by atoms with van der Waals surface area (Å²) in [4.78, 5) is 10.8. The molecular formula is C19H26FN5. The van der Waals surface area contributed by atoms with Gasteiger partial charge in [-0.05, 0) is 43.2 Å². The number of nitrogens with one attached hydrogen (secondary N) is 2. The van der Waals surface area contributed by atoms with E-state index in [2.05, 4.69) is 20.6 Å². The third-order valence-corrected chi connectivity index (χ3v) is 3.96. The predicted molar refractivity (Wildman–Crippen MR) is 101 cm³/mol. The van der Waals surface area contributed by atoms with Crippen LogP contribution in [0.4, 0.5) is 10.2 Å². The van der Waals surface area contributed by atoms with Crippen LogP contribution in [0.2, 0.25) is 0 Å². The molecular weight excluding hydrogens is 317 g/mol. The minimum Gasteiger partial charge on any atom is -0.363 e. The Kier molecular flexibility index (Phi) is 6.33. The first-order valence-corrected chi connectivity index (χ1v) is 8.27. The summed E-state index contributed by atoms with van der Waals surface area (Å²) in [5, 5.41) is 6.51. The number of hydrogen-bond acceptors (Lipinski definition) is 3. The molecule has 0 bridgehead atoms. The highest BCUT2D eigenvalue weighted by Gasteiger charge is 2.10. The normalized spacial score (nSPS) is 12.6. The summed E-state index contributed by atoms with van der Waals surface area (Å²) in [5.41, 5.74) is 2.44. The second kappa shape index (κ2) is 8.46. The van der Waals surface area contributed by atoms with E-state index in [4.69, 9.17) is 0 Å². The Morgan fingerprint density at radius 3 is 2.68 bits per heavy atom. The van der Waals surface area contributed by atoms with E-state index in [1.807, 2.05) is 50.2 Å². The maximum atomic E-state index is 13.7. The van der Waals surface area contributed by atoms with Crippen LogP contribution < -0.4 is 15.5 Å². The lowest BCUT2D eigenvalue weighted by molar-refractivity contribution is 0.607. The molecule has 1 heterocycles. The molecule has 1 unspecified atom stereocenters. The molecule has 2 rings (SSSR count). The van der Waals surface area contributed by atoms with Crippen molar-refractivity contribution in [3.8, 4) is 0 Å². The number of aliphatic imine (C=N–C) groups is 1. The van der Waals surface area contributed by atoms with Crippen molar-refractivity contribution in [3.63, 3.8) is 0 Å². The van der Waals surface area contributed by atoms with Crippen LogP contribution in [0.5, 0.6) is 0 Å². The number of aromatic nitrogens is 1. The Bertz CT molecular complexity index is 742. The largest absolute Gasteiger partial charge is 0.363 e. The third-order valence-electron chi connectivity index (χ3n) is 3.96. The highest BCUT2D eigenvalue weighted by Crippen LogP contribution is 2.16. The molecule has 0 aliphatic carbocycles. The molecule has 0 saturated heterocycles. The predicted octanol–water partition coefficient (Wildman–Crippen LogP) is 3.02. The maximum Gasteiger partial charge on any atom is 0.191 e. The molecule has 0 fully saturated rings. The molecule has 2 aromatic rings. The van der Waals surface area contributed by atoms with Gasteiger partial charge in [0.05, 0.1) is 18.3 Å². The van der Waals surface area contributed by atoms with E-state index in [-0.39, 0.29) is 11.9 Å².